The number of nitrogens with two attached hydrogens (primary N) is 1. The Morgan fingerprint density at radius 1 is 1.59 bits per heavy atom. The average Bonchev–Trinajstić information content (AvgIpc) is 2.72. The van der Waals surface area contributed by atoms with Crippen molar-refractivity contribution in [2.24, 2.45) is 5.73 Å². The molecule has 4 unspecified atom stereocenters. The zero-order chi connectivity index (χ0) is 12.3. The lowest BCUT2D eigenvalue weighted by atomic mass is 10.1. The zero-order valence-electron chi connectivity index (χ0n) is 10.4. The van der Waals surface area contributed by atoms with E-state index in [0.29, 0.717) is 16.6 Å². The van der Waals surface area contributed by atoms with Gasteiger partial charge in [0.25, 0.3) is 0 Å². The Hall–Kier alpha value is -0.580. The molecule has 3 nitrogen and oxygen atoms in total. The van der Waals surface area contributed by atoms with Crippen molar-refractivity contribution in [2.45, 2.75) is 42.9 Å². The van der Waals surface area contributed by atoms with Gasteiger partial charge < -0.3 is 10.5 Å². The third-order valence-electron chi connectivity index (χ3n) is 3.12. The molecule has 0 aliphatic carbocycles. The first-order valence-electron chi connectivity index (χ1n) is 6.11. The highest BCUT2D eigenvalue weighted by Gasteiger charge is 2.29. The second-order valence-electron chi connectivity index (χ2n) is 4.61. The molecule has 1 aliphatic heterocycles. The molecule has 0 aromatic carbocycles. The van der Waals surface area contributed by atoms with Crippen LogP contribution in [-0.4, -0.2) is 29.0 Å². The lowest BCUT2D eigenvalue weighted by Crippen LogP contribution is -2.26. The van der Waals surface area contributed by atoms with Gasteiger partial charge in [-0.05, 0) is 31.9 Å². The van der Waals surface area contributed by atoms with Crippen molar-refractivity contribution in [3.05, 3.63) is 30.1 Å². The van der Waals surface area contributed by atoms with Crippen molar-refractivity contribution >= 4 is 11.8 Å². The van der Waals surface area contributed by atoms with Crippen LogP contribution in [0.3, 0.4) is 0 Å². The van der Waals surface area contributed by atoms with Gasteiger partial charge in [0, 0.05) is 35.5 Å². The fourth-order valence-electron chi connectivity index (χ4n) is 2.13. The number of pyridine rings is 1. The fourth-order valence-corrected chi connectivity index (χ4v) is 3.58. The van der Waals surface area contributed by atoms with E-state index in [2.05, 4.69) is 24.9 Å². The molecule has 0 saturated carbocycles. The number of ether oxygens (including phenoxy) is 1. The van der Waals surface area contributed by atoms with Crippen LogP contribution in [0.2, 0.25) is 0 Å². The molecule has 0 amide bonds. The van der Waals surface area contributed by atoms with Gasteiger partial charge in [-0.2, -0.15) is 0 Å². The predicted octanol–water partition coefficient (Wildman–Crippen LogP) is 2.38. The first kappa shape index (κ1) is 12.9. The van der Waals surface area contributed by atoms with E-state index in [4.69, 9.17) is 10.5 Å². The highest BCUT2D eigenvalue weighted by atomic mass is 32.2. The summed E-state index contributed by atoms with van der Waals surface area (Å²) < 4.78 is 5.60. The van der Waals surface area contributed by atoms with Crippen LogP contribution >= 0.6 is 11.8 Å². The quantitative estimate of drug-likeness (QED) is 0.894. The summed E-state index contributed by atoms with van der Waals surface area (Å²) in [6.07, 6.45) is 5.17. The fraction of sp³-hybridized carbons (Fsp3) is 0.615. The summed E-state index contributed by atoms with van der Waals surface area (Å²) in [6, 6.07) is 4.20. The number of hydrogen-bond donors (Lipinski definition) is 1. The molecule has 4 heteroatoms. The molecule has 1 aromatic rings. The molecular weight excluding hydrogens is 232 g/mol. The van der Waals surface area contributed by atoms with Crippen molar-refractivity contribution in [1.29, 1.82) is 0 Å². The molecule has 2 rings (SSSR count). The van der Waals surface area contributed by atoms with Gasteiger partial charge >= 0.3 is 0 Å². The maximum atomic E-state index is 6.10. The molecule has 4 atom stereocenters. The monoisotopic (exact) mass is 252 g/mol. The number of aromatic nitrogens is 1. The molecule has 2 heterocycles. The van der Waals surface area contributed by atoms with Crippen LogP contribution in [0.4, 0.5) is 0 Å². The SMILES string of the molecule is CC(N)C(SC1CCOC1C)c1cccnc1. The topological polar surface area (TPSA) is 48.1 Å². The van der Waals surface area contributed by atoms with E-state index in [1.54, 1.807) is 6.20 Å². The Morgan fingerprint density at radius 3 is 2.94 bits per heavy atom. The Bertz CT molecular complexity index is 345. The summed E-state index contributed by atoms with van der Waals surface area (Å²) in [4.78, 5) is 4.18. The van der Waals surface area contributed by atoms with Crippen LogP contribution in [0.25, 0.3) is 0 Å². The van der Waals surface area contributed by atoms with Crippen LogP contribution in [0, 0.1) is 0 Å². The molecule has 1 fully saturated rings. The number of hydrogen-bond acceptors (Lipinski definition) is 4. The summed E-state index contributed by atoms with van der Waals surface area (Å²) in [5.41, 5.74) is 7.32. The van der Waals surface area contributed by atoms with E-state index in [0.717, 1.165) is 13.0 Å². The molecule has 2 N–H and O–H groups in total. The van der Waals surface area contributed by atoms with Crippen LogP contribution in [0.1, 0.15) is 31.1 Å². The first-order valence-corrected chi connectivity index (χ1v) is 7.05. The van der Waals surface area contributed by atoms with Crippen LogP contribution < -0.4 is 5.73 Å². The molecule has 0 radical (unpaired) electrons. The Kier molecular flexibility index (Phi) is 4.42. The smallest absolute Gasteiger partial charge is 0.0666 e. The van der Waals surface area contributed by atoms with Crippen LogP contribution in [0.15, 0.2) is 24.5 Å². The van der Waals surface area contributed by atoms with E-state index >= 15 is 0 Å². The molecule has 0 spiro atoms. The van der Waals surface area contributed by atoms with Gasteiger partial charge in [-0.25, -0.2) is 0 Å². The van der Waals surface area contributed by atoms with Crippen LogP contribution in [-0.2, 0) is 4.74 Å². The minimum absolute atomic E-state index is 0.122. The number of nitrogens with zero attached hydrogens (tertiary/aromatic N) is 1. The normalized spacial score (nSPS) is 27.9. The zero-order valence-corrected chi connectivity index (χ0v) is 11.2. The second-order valence-corrected chi connectivity index (χ2v) is 5.99. The third kappa shape index (κ3) is 3.21. The molecular formula is C13H20N2OS. The van der Waals surface area contributed by atoms with E-state index < -0.39 is 0 Å². The molecule has 1 aliphatic rings. The molecule has 17 heavy (non-hydrogen) atoms. The number of rotatable bonds is 4. The lowest BCUT2D eigenvalue weighted by molar-refractivity contribution is 0.127. The van der Waals surface area contributed by atoms with Gasteiger partial charge in [0.15, 0.2) is 0 Å². The van der Waals surface area contributed by atoms with Gasteiger partial charge in [0.2, 0.25) is 0 Å². The minimum atomic E-state index is 0.122. The van der Waals surface area contributed by atoms with Gasteiger partial charge in [-0.1, -0.05) is 6.07 Å². The second kappa shape index (κ2) is 5.85. The third-order valence-corrected chi connectivity index (χ3v) is 5.08. The average molecular weight is 252 g/mol. The summed E-state index contributed by atoms with van der Waals surface area (Å²) in [7, 11) is 0. The van der Waals surface area contributed by atoms with E-state index in [-0.39, 0.29) is 6.04 Å². The largest absolute Gasteiger partial charge is 0.377 e. The maximum Gasteiger partial charge on any atom is 0.0666 e. The maximum absolute atomic E-state index is 6.10. The van der Waals surface area contributed by atoms with Crippen LogP contribution in [0.5, 0.6) is 0 Å². The van der Waals surface area contributed by atoms with E-state index in [9.17, 15) is 0 Å². The van der Waals surface area contributed by atoms with Gasteiger partial charge in [-0.15, -0.1) is 11.8 Å². The highest BCUT2D eigenvalue weighted by molar-refractivity contribution is 8.00. The Morgan fingerprint density at radius 2 is 2.41 bits per heavy atom. The summed E-state index contributed by atoms with van der Waals surface area (Å²) in [6.45, 7) is 5.08. The standard InChI is InChI=1S/C13H20N2OS/c1-9(14)13(11-4-3-6-15-8-11)17-12-5-7-16-10(12)2/h3-4,6,8-10,12-13H,5,7,14H2,1-2H3. The molecule has 94 valence electrons. The van der Waals surface area contributed by atoms with Crippen molar-refractivity contribution in [3.8, 4) is 0 Å². The van der Waals surface area contributed by atoms with Crippen molar-refractivity contribution in [2.75, 3.05) is 6.61 Å². The first-order chi connectivity index (χ1) is 8.18. The van der Waals surface area contributed by atoms with Gasteiger partial charge in [0.05, 0.1) is 6.10 Å². The Balaban J connectivity index is 2.08. The summed E-state index contributed by atoms with van der Waals surface area (Å²) in [5, 5.41) is 0.851. The lowest BCUT2D eigenvalue weighted by Gasteiger charge is -2.25. The van der Waals surface area contributed by atoms with Gasteiger partial charge in [-0.3, -0.25) is 4.98 Å². The van der Waals surface area contributed by atoms with Crippen molar-refractivity contribution in [1.82, 2.24) is 4.98 Å². The summed E-state index contributed by atoms with van der Waals surface area (Å²) in [5.74, 6) is 0. The molecule has 1 aromatic heterocycles. The van der Waals surface area contributed by atoms with Gasteiger partial charge in [0.1, 0.15) is 0 Å². The van der Waals surface area contributed by atoms with E-state index in [1.165, 1.54) is 5.56 Å². The predicted molar refractivity (Wildman–Crippen MR) is 72.0 cm³/mol. The Labute approximate surface area is 107 Å². The summed E-state index contributed by atoms with van der Waals surface area (Å²) >= 11 is 1.93. The van der Waals surface area contributed by atoms with E-state index in [1.807, 2.05) is 24.0 Å². The highest BCUT2D eigenvalue weighted by Crippen LogP contribution is 2.39. The minimum Gasteiger partial charge on any atom is -0.377 e. The van der Waals surface area contributed by atoms with Crippen molar-refractivity contribution < 1.29 is 4.74 Å². The number of thioether (sulfide) groups is 1. The van der Waals surface area contributed by atoms with Crippen molar-refractivity contribution in [3.63, 3.8) is 0 Å². The molecule has 0 bridgehead atoms. The molecule has 1 saturated heterocycles.